The first kappa shape index (κ1) is 14.5. The van der Waals surface area contributed by atoms with Gasteiger partial charge in [-0.15, -0.1) is 0 Å². The summed E-state index contributed by atoms with van der Waals surface area (Å²) >= 11 is 3.28. The fourth-order valence-corrected chi connectivity index (χ4v) is 2.84. The van der Waals surface area contributed by atoms with Gasteiger partial charge in [0.05, 0.1) is 11.7 Å². The van der Waals surface area contributed by atoms with Crippen LogP contribution in [0.5, 0.6) is 0 Å². The number of likely N-dealkylation sites (tertiary alicyclic amines) is 1. The molecule has 19 heavy (non-hydrogen) atoms. The molecule has 1 aromatic carbocycles. The first-order valence-electron chi connectivity index (χ1n) is 6.41. The van der Waals surface area contributed by atoms with E-state index in [1.165, 1.54) is 12.1 Å². The number of carbonyl (C=O) groups is 1. The van der Waals surface area contributed by atoms with Crippen LogP contribution < -0.4 is 0 Å². The smallest absolute Gasteiger partial charge is 0.255 e. The number of halogens is 2. The molecule has 3 nitrogen and oxygen atoms in total. The van der Waals surface area contributed by atoms with Crippen molar-refractivity contribution in [2.45, 2.75) is 25.9 Å². The number of aliphatic hydroxyl groups is 1. The minimum atomic E-state index is -0.424. The second-order valence-corrected chi connectivity index (χ2v) is 5.87. The Morgan fingerprint density at radius 3 is 3.00 bits per heavy atom. The fourth-order valence-electron chi connectivity index (χ4n) is 2.42. The molecule has 104 valence electrons. The van der Waals surface area contributed by atoms with Gasteiger partial charge in [-0.1, -0.05) is 0 Å². The number of nitrogens with zero attached hydrogens (tertiary/aromatic N) is 1. The Hall–Kier alpha value is -0.940. The van der Waals surface area contributed by atoms with Crippen LogP contribution in [0.15, 0.2) is 22.7 Å². The van der Waals surface area contributed by atoms with E-state index >= 15 is 0 Å². The van der Waals surface area contributed by atoms with E-state index in [0.717, 1.165) is 12.8 Å². The van der Waals surface area contributed by atoms with Crippen molar-refractivity contribution in [2.75, 3.05) is 13.1 Å². The Labute approximate surface area is 120 Å². The summed E-state index contributed by atoms with van der Waals surface area (Å²) < 4.78 is 13.8. The Bertz CT molecular complexity index is 479. The first-order valence-corrected chi connectivity index (χ1v) is 7.20. The Morgan fingerprint density at radius 2 is 2.32 bits per heavy atom. The summed E-state index contributed by atoms with van der Waals surface area (Å²) in [6.45, 7) is 2.93. The van der Waals surface area contributed by atoms with Crippen molar-refractivity contribution in [1.82, 2.24) is 4.90 Å². The molecule has 2 atom stereocenters. The van der Waals surface area contributed by atoms with E-state index in [0.29, 0.717) is 23.1 Å². The van der Waals surface area contributed by atoms with Crippen LogP contribution in [-0.2, 0) is 0 Å². The van der Waals surface area contributed by atoms with E-state index in [-0.39, 0.29) is 11.8 Å². The zero-order valence-electron chi connectivity index (χ0n) is 10.8. The van der Waals surface area contributed by atoms with Crippen molar-refractivity contribution in [3.8, 4) is 0 Å². The van der Waals surface area contributed by atoms with Gasteiger partial charge in [0, 0.05) is 23.5 Å². The zero-order valence-corrected chi connectivity index (χ0v) is 12.4. The highest BCUT2D eigenvalue weighted by molar-refractivity contribution is 9.10. The second-order valence-electron chi connectivity index (χ2n) is 5.02. The Balaban J connectivity index is 2.17. The van der Waals surface area contributed by atoms with Crippen molar-refractivity contribution in [2.24, 2.45) is 5.92 Å². The molecule has 0 aromatic heterocycles. The summed E-state index contributed by atoms with van der Waals surface area (Å²) in [6, 6.07) is 4.10. The van der Waals surface area contributed by atoms with Crippen LogP contribution >= 0.6 is 15.9 Å². The van der Waals surface area contributed by atoms with Crippen LogP contribution in [0, 0.1) is 11.7 Å². The zero-order chi connectivity index (χ0) is 14.0. The Morgan fingerprint density at radius 1 is 1.58 bits per heavy atom. The normalized spacial score (nSPS) is 21.3. The number of rotatable bonds is 2. The molecule has 0 radical (unpaired) electrons. The monoisotopic (exact) mass is 329 g/mol. The number of hydrogen-bond acceptors (Lipinski definition) is 2. The van der Waals surface area contributed by atoms with Gasteiger partial charge in [0.25, 0.3) is 5.91 Å². The van der Waals surface area contributed by atoms with Crippen molar-refractivity contribution < 1.29 is 14.3 Å². The number of benzene rings is 1. The maximum absolute atomic E-state index is 13.2. The summed E-state index contributed by atoms with van der Waals surface area (Å²) in [4.78, 5) is 14.1. The van der Waals surface area contributed by atoms with Crippen LogP contribution in [0.4, 0.5) is 4.39 Å². The predicted octanol–water partition coefficient (Wildman–Crippen LogP) is 2.82. The van der Waals surface area contributed by atoms with Crippen LogP contribution in [0.25, 0.3) is 0 Å². The summed E-state index contributed by atoms with van der Waals surface area (Å²) in [5.74, 6) is -0.502. The lowest BCUT2D eigenvalue weighted by atomic mass is 9.93. The number of aliphatic hydroxyl groups excluding tert-OH is 1. The third-order valence-electron chi connectivity index (χ3n) is 3.59. The van der Waals surface area contributed by atoms with E-state index in [2.05, 4.69) is 15.9 Å². The van der Waals surface area contributed by atoms with Crippen LogP contribution in [0.3, 0.4) is 0 Å². The summed E-state index contributed by atoms with van der Waals surface area (Å²) in [5, 5.41) is 9.64. The first-order chi connectivity index (χ1) is 8.99. The molecule has 1 saturated heterocycles. The number of carbonyl (C=O) groups excluding carboxylic acids is 1. The van der Waals surface area contributed by atoms with Gasteiger partial charge in [0.1, 0.15) is 5.82 Å². The average molecular weight is 330 g/mol. The van der Waals surface area contributed by atoms with Gasteiger partial charge in [-0.3, -0.25) is 4.79 Å². The third-order valence-corrected chi connectivity index (χ3v) is 4.28. The molecular weight excluding hydrogens is 313 g/mol. The quantitative estimate of drug-likeness (QED) is 0.906. The summed E-state index contributed by atoms with van der Waals surface area (Å²) in [6.07, 6.45) is 1.37. The molecule has 1 heterocycles. The molecule has 0 saturated carbocycles. The molecule has 1 amide bonds. The summed E-state index contributed by atoms with van der Waals surface area (Å²) in [5.41, 5.74) is 0.339. The minimum absolute atomic E-state index is 0.102. The van der Waals surface area contributed by atoms with Gasteiger partial charge < -0.3 is 10.0 Å². The maximum atomic E-state index is 13.2. The molecule has 1 N–H and O–H groups in total. The average Bonchev–Trinajstić information content (AvgIpc) is 2.41. The standard InChI is InChI=1S/C14H17BrFNO2/c1-9(18)10-3-2-6-17(8-10)14(19)12-7-11(16)4-5-13(12)15/h4-5,7,9-10,18H,2-3,6,8H2,1H3. The highest BCUT2D eigenvalue weighted by atomic mass is 79.9. The molecule has 0 spiro atoms. The molecular formula is C14H17BrFNO2. The maximum Gasteiger partial charge on any atom is 0.255 e. The molecule has 0 bridgehead atoms. The molecule has 1 aliphatic rings. The lowest BCUT2D eigenvalue weighted by Gasteiger charge is -2.34. The van der Waals surface area contributed by atoms with Gasteiger partial charge in [0.2, 0.25) is 0 Å². The van der Waals surface area contributed by atoms with E-state index in [4.69, 9.17) is 0 Å². The molecule has 1 fully saturated rings. The van der Waals surface area contributed by atoms with Crippen LogP contribution in [-0.4, -0.2) is 35.1 Å². The molecule has 2 unspecified atom stereocenters. The van der Waals surface area contributed by atoms with Gasteiger partial charge in [-0.05, 0) is 53.9 Å². The SMILES string of the molecule is CC(O)C1CCCN(C(=O)c2cc(F)ccc2Br)C1. The van der Waals surface area contributed by atoms with Gasteiger partial charge >= 0.3 is 0 Å². The lowest BCUT2D eigenvalue weighted by molar-refractivity contribution is 0.0465. The van der Waals surface area contributed by atoms with E-state index in [9.17, 15) is 14.3 Å². The van der Waals surface area contributed by atoms with Crippen molar-refractivity contribution in [3.63, 3.8) is 0 Å². The Kier molecular flexibility index (Phi) is 4.58. The molecule has 1 aromatic rings. The van der Waals surface area contributed by atoms with Crippen molar-refractivity contribution in [3.05, 3.63) is 34.1 Å². The minimum Gasteiger partial charge on any atom is -0.393 e. The number of amides is 1. The topological polar surface area (TPSA) is 40.5 Å². The highest BCUT2D eigenvalue weighted by Crippen LogP contribution is 2.24. The fraction of sp³-hybridized carbons (Fsp3) is 0.500. The molecule has 2 rings (SSSR count). The predicted molar refractivity (Wildman–Crippen MR) is 74.4 cm³/mol. The third kappa shape index (κ3) is 3.34. The van der Waals surface area contributed by atoms with Crippen molar-refractivity contribution in [1.29, 1.82) is 0 Å². The van der Waals surface area contributed by atoms with Gasteiger partial charge in [0.15, 0.2) is 0 Å². The van der Waals surface area contributed by atoms with Gasteiger partial charge in [-0.2, -0.15) is 0 Å². The molecule has 5 heteroatoms. The summed E-state index contributed by atoms with van der Waals surface area (Å²) in [7, 11) is 0. The second kappa shape index (κ2) is 6.01. The number of piperidine rings is 1. The van der Waals surface area contributed by atoms with Crippen LogP contribution in [0.2, 0.25) is 0 Å². The van der Waals surface area contributed by atoms with Crippen molar-refractivity contribution >= 4 is 21.8 Å². The van der Waals surface area contributed by atoms with E-state index in [1.54, 1.807) is 17.9 Å². The van der Waals surface area contributed by atoms with E-state index < -0.39 is 11.9 Å². The molecule has 0 aliphatic carbocycles. The highest BCUT2D eigenvalue weighted by Gasteiger charge is 2.28. The van der Waals surface area contributed by atoms with Gasteiger partial charge in [-0.25, -0.2) is 4.39 Å². The van der Waals surface area contributed by atoms with E-state index in [1.807, 2.05) is 0 Å². The van der Waals surface area contributed by atoms with Crippen LogP contribution in [0.1, 0.15) is 30.1 Å². The largest absolute Gasteiger partial charge is 0.393 e. The number of hydrogen-bond donors (Lipinski definition) is 1. The molecule has 1 aliphatic heterocycles. The lowest BCUT2D eigenvalue weighted by Crippen LogP contribution is -2.43.